The van der Waals surface area contributed by atoms with Crippen LogP contribution in [-0.2, 0) is 0 Å². The number of pyridine rings is 1. The molecule has 2 unspecified atom stereocenters. The van der Waals surface area contributed by atoms with Crippen LogP contribution in [0, 0.1) is 35.4 Å². The average molecular weight is 608 g/mol. The van der Waals surface area contributed by atoms with Crippen LogP contribution in [-0.4, -0.2) is 17.1 Å². The lowest BCUT2D eigenvalue weighted by Gasteiger charge is -2.37. The van der Waals surface area contributed by atoms with E-state index in [0.29, 0.717) is 11.7 Å². The van der Waals surface area contributed by atoms with E-state index in [1.807, 2.05) is 52.8 Å². The summed E-state index contributed by atoms with van der Waals surface area (Å²) in [5, 5.41) is 19.9. The molecular weight excluding hydrogens is 545 g/mol. The van der Waals surface area contributed by atoms with Gasteiger partial charge >= 0.3 is 0 Å². The molecule has 6 heteroatoms. The lowest BCUT2D eigenvalue weighted by atomic mass is 9.81. The summed E-state index contributed by atoms with van der Waals surface area (Å²) in [4.78, 5) is 4.58. The van der Waals surface area contributed by atoms with Crippen LogP contribution in [0.1, 0.15) is 131 Å². The van der Waals surface area contributed by atoms with Gasteiger partial charge in [-0.15, -0.1) is 0 Å². The van der Waals surface area contributed by atoms with Crippen molar-refractivity contribution in [1.29, 1.82) is 5.26 Å². The molecule has 1 aliphatic carbocycles. The highest BCUT2D eigenvalue weighted by Gasteiger charge is 2.30. The van der Waals surface area contributed by atoms with E-state index in [1.54, 1.807) is 6.08 Å². The minimum atomic E-state index is -0.528. The third kappa shape index (κ3) is 14.0. The van der Waals surface area contributed by atoms with Crippen molar-refractivity contribution in [3.8, 4) is 6.07 Å². The molecule has 0 spiro atoms. The molecule has 1 heterocycles. The summed E-state index contributed by atoms with van der Waals surface area (Å²) in [6.45, 7) is 31.1. The van der Waals surface area contributed by atoms with Crippen molar-refractivity contribution in [2.75, 3.05) is 10.6 Å². The van der Waals surface area contributed by atoms with Gasteiger partial charge in [-0.3, -0.25) is 0 Å². The fourth-order valence-electron chi connectivity index (χ4n) is 5.25. The van der Waals surface area contributed by atoms with Crippen LogP contribution < -0.4 is 16.0 Å². The van der Waals surface area contributed by atoms with E-state index in [0.717, 1.165) is 41.8 Å². The van der Waals surface area contributed by atoms with Gasteiger partial charge < -0.3 is 16.0 Å². The number of allylic oxidation sites excluding steroid dienone is 1. The first-order valence-corrected chi connectivity index (χ1v) is 16.7. The molecular formula is C38H62FN5. The van der Waals surface area contributed by atoms with Gasteiger partial charge in [0.25, 0.3) is 0 Å². The highest BCUT2D eigenvalue weighted by molar-refractivity contribution is 5.68. The van der Waals surface area contributed by atoms with Gasteiger partial charge in [0, 0.05) is 17.4 Å². The van der Waals surface area contributed by atoms with E-state index in [9.17, 15) is 5.26 Å². The maximum atomic E-state index is 15.2. The van der Waals surface area contributed by atoms with Crippen LogP contribution >= 0.6 is 0 Å². The van der Waals surface area contributed by atoms with Crippen LogP contribution in [0.25, 0.3) is 6.08 Å². The average Bonchev–Trinajstić information content (AvgIpc) is 2.99. The third-order valence-corrected chi connectivity index (χ3v) is 7.03. The Hall–Kier alpha value is -3.33. The van der Waals surface area contributed by atoms with Crippen LogP contribution in [0.4, 0.5) is 21.7 Å². The van der Waals surface area contributed by atoms with Gasteiger partial charge in [0.15, 0.2) is 17.5 Å². The number of benzene rings is 1. The summed E-state index contributed by atoms with van der Waals surface area (Å²) in [5.41, 5.74) is 4.11. The Labute approximate surface area is 269 Å². The van der Waals surface area contributed by atoms with Gasteiger partial charge in [0.2, 0.25) is 0 Å². The second kappa shape index (κ2) is 21.4. The second-order valence-electron chi connectivity index (χ2n) is 12.3. The number of hydrogen-bond donors (Lipinski definition) is 3. The zero-order valence-corrected chi connectivity index (χ0v) is 29.8. The minimum absolute atomic E-state index is 0.0263. The Morgan fingerprint density at radius 3 is 2.20 bits per heavy atom. The van der Waals surface area contributed by atoms with E-state index in [-0.39, 0.29) is 28.9 Å². The number of nitrogens with one attached hydrogen (secondary N) is 3. The quantitative estimate of drug-likeness (QED) is 0.250. The molecule has 44 heavy (non-hydrogen) atoms. The summed E-state index contributed by atoms with van der Waals surface area (Å²) < 4.78 is 15.2. The minimum Gasteiger partial charge on any atom is -0.384 e. The van der Waals surface area contributed by atoms with E-state index >= 15 is 4.39 Å². The highest BCUT2D eigenvalue weighted by Crippen LogP contribution is 2.32. The van der Waals surface area contributed by atoms with Gasteiger partial charge in [0.05, 0.1) is 11.6 Å². The highest BCUT2D eigenvalue weighted by atomic mass is 19.1. The van der Waals surface area contributed by atoms with Crippen LogP contribution in [0.15, 0.2) is 43.1 Å². The molecule has 1 aromatic heterocycles. The van der Waals surface area contributed by atoms with Gasteiger partial charge in [-0.25, -0.2) is 9.37 Å². The fraction of sp³-hybridized carbons (Fsp3) is 0.579. The number of aryl methyl sites for hydroxylation is 1. The first kappa shape index (κ1) is 40.7. The maximum absolute atomic E-state index is 15.2. The molecule has 0 amide bonds. The SMILES string of the molecule is C=Cc1cc(Nc2nc(NC(C3CCCCC3)C(C)NC(=C)CC(C)(C)C)c(F)cc2C#N)ccc1C.CC.CC.CCC. The monoisotopic (exact) mass is 607 g/mol. The number of hydrogen-bond acceptors (Lipinski definition) is 5. The lowest BCUT2D eigenvalue weighted by Crippen LogP contribution is -2.47. The molecule has 1 saturated carbocycles. The number of nitriles is 1. The molecule has 3 N–H and O–H groups in total. The number of halogens is 1. The van der Waals surface area contributed by atoms with Crippen molar-refractivity contribution in [2.45, 2.75) is 133 Å². The number of nitrogens with zero attached hydrogens (tertiary/aromatic N) is 2. The second-order valence-corrected chi connectivity index (χ2v) is 12.3. The molecule has 0 bridgehead atoms. The predicted molar refractivity (Wildman–Crippen MR) is 192 cm³/mol. The van der Waals surface area contributed by atoms with E-state index < -0.39 is 5.82 Å². The zero-order valence-electron chi connectivity index (χ0n) is 29.8. The number of rotatable bonds is 10. The summed E-state index contributed by atoms with van der Waals surface area (Å²) in [6, 6.07) is 9.16. The first-order valence-electron chi connectivity index (χ1n) is 16.7. The van der Waals surface area contributed by atoms with E-state index in [1.165, 1.54) is 31.7 Å². The largest absolute Gasteiger partial charge is 0.384 e. The molecule has 246 valence electrons. The van der Waals surface area contributed by atoms with Gasteiger partial charge in [-0.1, -0.05) is 113 Å². The van der Waals surface area contributed by atoms with Crippen molar-refractivity contribution in [2.24, 2.45) is 11.3 Å². The smallest absolute Gasteiger partial charge is 0.166 e. The van der Waals surface area contributed by atoms with Gasteiger partial charge in [-0.2, -0.15) is 5.26 Å². The number of anilines is 3. The molecule has 1 fully saturated rings. The summed E-state index contributed by atoms with van der Waals surface area (Å²) >= 11 is 0. The maximum Gasteiger partial charge on any atom is 0.166 e. The Bertz CT molecular complexity index is 1170. The van der Waals surface area contributed by atoms with Crippen molar-refractivity contribution in [1.82, 2.24) is 10.3 Å². The molecule has 2 aromatic rings. The standard InChI is InChI=1S/C31H42FN5.C3H8.2C2H6/c1-8-23-16-26(15-14-20(23)2)35-29-25(19-33)17-27(32)30(37-29)36-28(24-12-10-9-11-13-24)22(4)34-21(3)18-31(5,6)7;1-3-2;2*1-2/h8,14-17,22,24,28,34H,1,3,9-13,18H2,2,4-7H3,(H2,35,36,37);3H2,1-2H3;2*1-2H3. The van der Waals surface area contributed by atoms with E-state index in [4.69, 9.17) is 0 Å². The lowest BCUT2D eigenvalue weighted by molar-refractivity contribution is 0.280. The molecule has 1 aliphatic rings. The van der Waals surface area contributed by atoms with Gasteiger partial charge in [0.1, 0.15) is 6.07 Å². The van der Waals surface area contributed by atoms with Crippen molar-refractivity contribution < 1.29 is 4.39 Å². The van der Waals surface area contributed by atoms with Crippen LogP contribution in [0.2, 0.25) is 0 Å². The zero-order chi connectivity index (χ0) is 33.9. The topological polar surface area (TPSA) is 72.8 Å². The third-order valence-electron chi connectivity index (χ3n) is 7.03. The van der Waals surface area contributed by atoms with Crippen molar-refractivity contribution in [3.05, 3.63) is 65.6 Å². The van der Waals surface area contributed by atoms with Crippen LogP contribution in [0.5, 0.6) is 0 Å². The Balaban J connectivity index is 0.00000244. The molecule has 0 radical (unpaired) electrons. The normalized spacial score (nSPS) is 14.0. The molecule has 1 aromatic carbocycles. The molecule has 3 rings (SSSR count). The molecule has 2 atom stereocenters. The van der Waals surface area contributed by atoms with Crippen molar-refractivity contribution in [3.63, 3.8) is 0 Å². The fourth-order valence-corrected chi connectivity index (χ4v) is 5.25. The summed E-state index contributed by atoms with van der Waals surface area (Å²) in [7, 11) is 0. The Morgan fingerprint density at radius 2 is 1.68 bits per heavy atom. The number of aromatic nitrogens is 1. The van der Waals surface area contributed by atoms with Gasteiger partial charge in [-0.05, 0) is 73.8 Å². The summed E-state index contributed by atoms with van der Waals surface area (Å²) in [6.07, 6.45) is 9.66. The Kier molecular flexibility index (Phi) is 19.8. The van der Waals surface area contributed by atoms with E-state index in [2.05, 4.69) is 81.7 Å². The Morgan fingerprint density at radius 1 is 1.09 bits per heavy atom. The van der Waals surface area contributed by atoms with Crippen LogP contribution in [0.3, 0.4) is 0 Å². The first-order chi connectivity index (χ1) is 20.9. The predicted octanol–water partition coefficient (Wildman–Crippen LogP) is 11.5. The van der Waals surface area contributed by atoms with Crippen molar-refractivity contribution >= 4 is 23.4 Å². The molecule has 0 aliphatic heterocycles. The summed E-state index contributed by atoms with van der Waals surface area (Å²) in [5.74, 6) is 0.340. The molecule has 5 nitrogen and oxygen atoms in total. The molecule has 0 saturated heterocycles.